The molecular formula is C4H9N2OW2-. The van der Waals surface area contributed by atoms with Gasteiger partial charge in [-0.15, -0.1) is 0 Å². The van der Waals surface area contributed by atoms with Crippen LogP contribution in [0.5, 0.6) is 0 Å². The zero-order valence-corrected chi connectivity index (χ0v) is 11.2. The Hall–Kier alpha value is 0.677. The Kier molecular flexibility index (Phi) is 20.8. The number of amides is 1. The largest absolute Gasteiger partial charge is 0.449 e. The molecule has 2 N–H and O–H groups in total. The quantitative estimate of drug-likeness (QED) is 0.516. The molecule has 0 rings (SSSR count). The van der Waals surface area contributed by atoms with Gasteiger partial charge in [0.15, 0.2) is 0 Å². The zero-order valence-electron chi connectivity index (χ0n) is 5.30. The van der Waals surface area contributed by atoms with Crippen molar-refractivity contribution >= 4 is 5.91 Å². The molecule has 0 radical (unpaired) electrons. The predicted octanol–water partition coefficient (Wildman–Crippen LogP) is -0.891. The van der Waals surface area contributed by atoms with Gasteiger partial charge in [-0.25, -0.2) is 6.54 Å². The molecule has 9 heavy (non-hydrogen) atoms. The van der Waals surface area contributed by atoms with Gasteiger partial charge >= 0.3 is 0 Å². The summed E-state index contributed by atoms with van der Waals surface area (Å²) in [5.74, 6) is -0.109. The van der Waals surface area contributed by atoms with Crippen LogP contribution in [-0.2, 0) is 46.9 Å². The number of carbonyl (C=O) groups excluding carboxylic acids is 1. The summed E-state index contributed by atoms with van der Waals surface area (Å²) in [4.78, 5) is 10.2. The summed E-state index contributed by atoms with van der Waals surface area (Å²) in [6.07, 6.45) is 0. The molecule has 0 aromatic rings. The second kappa shape index (κ2) is 11.5. The normalized spacial score (nSPS) is 6.00. The zero-order chi connectivity index (χ0) is 5.70. The first-order valence-corrected chi connectivity index (χ1v) is 2.03. The average molecular weight is 469 g/mol. The van der Waals surface area contributed by atoms with Crippen molar-refractivity contribution < 1.29 is 46.9 Å². The van der Waals surface area contributed by atoms with E-state index in [1.165, 1.54) is 6.54 Å². The summed E-state index contributed by atoms with van der Waals surface area (Å²) in [6, 6.07) is 0. The summed E-state index contributed by atoms with van der Waals surface area (Å²) < 4.78 is 0. The molecule has 0 saturated carbocycles. The van der Waals surface area contributed by atoms with Gasteiger partial charge in [-0.3, -0.25) is 0 Å². The van der Waals surface area contributed by atoms with Crippen LogP contribution in [0.4, 0.5) is 0 Å². The van der Waals surface area contributed by atoms with Crippen LogP contribution in [0.25, 0.3) is 0 Å². The standard InChI is InChI=1S/C4H9N2O.2W/c1-5-3-4(7)6-2;;/h3,5H,1-2H3,(H,6,7);;/q-1;;. The summed E-state index contributed by atoms with van der Waals surface area (Å²) >= 11 is 0. The molecule has 0 atom stereocenters. The third kappa shape index (κ3) is 12.0. The van der Waals surface area contributed by atoms with Gasteiger partial charge in [-0.1, -0.05) is 0 Å². The van der Waals surface area contributed by atoms with E-state index in [2.05, 4.69) is 10.6 Å². The van der Waals surface area contributed by atoms with E-state index in [1.807, 2.05) is 0 Å². The minimum atomic E-state index is -0.109. The molecule has 0 aliphatic heterocycles. The number of hydrogen-bond donors (Lipinski definition) is 2. The number of hydrogen-bond acceptors (Lipinski definition) is 2. The van der Waals surface area contributed by atoms with Crippen LogP contribution < -0.4 is 10.6 Å². The SMILES string of the molecule is CN[CH-]C(=O)NC.[W].[W]. The van der Waals surface area contributed by atoms with Crippen molar-refractivity contribution in [2.75, 3.05) is 14.1 Å². The van der Waals surface area contributed by atoms with Crippen LogP contribution in [-0.4, -0.2) is 20.0 Å². The second-order valence-electron chi connectivity index (χ2n) is 1.05. The van der Waals surface area contributed by atoms with Crippen LogP contribution in [0, 0.1) is 6.54 Å². The topological polar surface area (TPSA) is 41.1 Å². The maximum Gasteiger partial charge on any atom is 0.0950 e. The van der Waals surface area contributed by atoms with E-state index in [1.54, 1.807) is 14.1 Å². The Morgan fingerprint density at radius 1 is 1.33 bits per heavy atom. The van der Waals surface area contributed by atoms with E-state index in [9.17, 15) is 4.79 Å². The molecule has 0 aliphatic carbocycles. The fourth-order valence-electron chi connectivity index (χ4n) is 0.203. The van der Waals surface area contributed by atoms with Crippen LogP contribution in [0.2, 0.25) is 0 Å². The van der Waals surface area contributed by atoms with Gasteiger partial charge in [-0.2, -0.15) is 0 Å². The smallest absolute Gasteiger partial charge is 0.0950 e. The Morgan fingerprint density at radius 3 is 1.89 bits per heavy atom. The molecule has 0 aliphatic rings. The molecule has 5 heteroatoms. The molecule has 0 unspecified atom stereocenters. The van der Waals surface area contributed by atoms with Crippen molar-refractivity contribution in [3.63, 3.8) is 0 Å². The van der Waals surface area contributed by atoms with E-state index in [-0.39, 0.29) is 48.0 Å². The van der Waals surface area contributed by atoms with Crippen molar-refractivity contribution in [1.29, 1.82) is 0 Å². The minimum absolute atomic E-state index is 0. The molecule has 0 bridgehead atoms. The first kappa shape index (κ1) is 16.3. The maximum atomic E-state index is 10.2. The fraction of sp³-hybridized carbons (Fsp3) is 0.500. The Balaban J connectivity index is -0.000000180. The summed E-state index contributed by atoms with van der Waals surface area (Å²) in [6.45, 7) is 1.35. The van der Waals surface area contributed by atoms with Gasteiger partial charge < -0.3 is 15.4 Å². The van der Waals surface area contributed by atoms with Gasteiger partial charge in [0.05, 0.1) is 5.91 Å². The van der Waals surface area contributed by atoms with E-state index in [0.29, 0.717) is 0 Å². The fourth-order valence-corrected chi connectivity index (χ4v) is 0.203. The van der Waals surface area contributed by atoms with Crippen molar-refractivity contribution in [2.24, 2.45) is 0 Å². The number of nitrogens with one attached hydrogen (secondary N) is 2. The van der Waals surface area contributed by atoms with Gasteiger partial charge in [0.2, 0.25) is 0 Å². The van der Waals surface area contributed by atoms with Crippen molar-refractivity contribution in [2.45, 2.75) is 0 Å². The second-order valence-corrected chi connectivity index (χ2v) is 1.05. The van der Waals surface area contributed by atoms with Gasteiger partial charge in [0.1, 0.15) is 0 Å². The van der Waals surface area contributed by atoms with E-state index in [0.717, 1.165) is 0 Å². The average Bonchev–Trinajstić information content (AvgIpc) is 1.68. The molecule has 0 aromatic carbocycles. The maximum absolute atomic E-state index is 10.2. The minimum Gasteiger partial charge on any atom is -0.449 e. The van der Waals surface area contributed by atoms with Crippen LogP contribution in [0.1, 0.15) is 0 Å². The molecular weight excluding hydrogens is 460 g/mol. The number of likely N-dealkylation sites (N-methyl/N-ethyl adjacent to an activating group) is 2. The molecule has 3 nitrogen and oxygen atoms in total. The molecule has 0 spiro atoms. The number of rotatable bonds is 2. The summed E-state index contributed by atoms with van der Waals surface area (Å²) in [5, 5.41) is 4.99. The van der Waals surface area contributed by atoms with Crippen LogP contribution in [0.15, 0.2) is 0 Å². The summed E-state index contributed by atoms with van der Waals surface area (Å²) in [5.41, 5.74) is 0. The number of carbonyl (C=O) groups is 1. The van der Waals surface area contributed by atoms with Crippen LogP contribution >= 0.6 is 0 Å². The Labute approximate surface area is 83.9 Å². The molecule has 1 amide bonds. The molecule has 0 fully saturated rings. The van der Waals surface area contributed by atoms with Crippen molar-refractivity contribution in [3.05, 3.63) is 6.54 Å². The van der Waals surface area contributed by atoms with E-state index >= 15 is 0 Å². The Bertz CT molecular complexity index is 69.6. The van der Waals surface area contributed by atoms with E-state index in [4.69, 9.17) is 0 Å². The van der Waals surface area contributed by atoms with E-state index < -0.39 is 0 Å². The monoisotopic (exact) mass is 469 g/mol. The third-order valence-corrected chi connectivity index (χ3v) is 0.522. The first-order chi connectivity index (χ1) is 3.31. The van der Waals surface area contributed by atoms with Crippen molar-refractivity contribution in [3.8, 4) is 0 Å². The van der Waals surface area contributed by atoms with Crippen molar-refractivity contribution in [1.82, 2.24) is 10.6 Å². The Morgan fingerprint density at radius 2 is 1.78 bits per heavy atom. The van der Waals surface area contributed by atoms with Gasteiger partial charge in [-0.05, 0) is 7.05 Å². The van der Waals surface area contributed by atoms with Gasteiger partial charge in [0, 0.05) is 49.2 Å². The third-order valence-electron chi connectivity index (χ3n) is 0.522. The molecule has 0 heterocycles. The molecule has 0 saturated heterocycles. The first-order valence-electron chi connectivity index (χ1n) is 2.03. The van der Waals surface area contributed by atoms with Gasteiger partial charge in [0.25, 0.3) is 0 Å². The molecule has 54 valence electrons. The summed E-state index contributed by atoms with van der Waals surface area (Å²) in [7, 11) is 3.26. The predicted molar refractivity (Wildman–Crippen MR) is 27.4 cm³/mol. The molecule has 0 aromatic heterocycles. The van der Waals surface area contributed by atoms with Crippen LogP contribution in [0.3, 0.4) is 0 Å².